The Morgan fingerprint density at radius 3 is 2.64 bits per heavy atom. The molecule has 1 aliphatic carbocycles. The summed E-state index contributed by atoms with van der Waals surface area (Å²) in [6.07, 6.45) is 2.44. The van der Waals surface area contributed by atoms with E-state index in [4.69, 9.17) is 10.5 Å². The van der Waals surface area contributed by atoms with Crippen molar-refractivity contribution in [1.82, 2.24) is 0 Å². The van der Waals surface area contributed by atoms with Crippen LogP contribution in [0.25, 0.3) is 0 Å². The Morgan fingerprint density at radius 2 is 2.04 bits per heavy atom. The molecule has 0 saturated heterocycles. The van der Waals surface area contributed by atoms with Crippen molar-refractivity contribution < 1.29 is 22.6 Å². The first-order valence-corrected chi connectivity index (χ1v) is 8.81. The zero-order chi connectivity index (χ0) is 17.8. The van der Waals surface area contributed by atoms with Crippen LogP contribution in [0.1, 0.15) is 31.2 Å². The molecule has 0 radical (unpaired) electrons. The largest absolute Gasteiger partial charge is 0.484 e. The van der Waals surface area contributed by atoms with Gasteiger partial charge in [-0.3, -0.25) is 0 Å². The lowest BCUT2D eigenvalue weighted by Crippen LogP contribution is -2.52. The molecule has 2 N–H and O–H groups in total. The number of hydrogen-bond acceptors (Lipinski definition) is 4. The van der Waals surface area contributed by atoms with Crippen LogP contribution >= 0.6 is 15.9 Å². The minimum absolute atomic E-state index is 0.165. The fourth-order valence-corrected chi connectivity index (χ4v) is 4.51. The van der Waals surface area contributed by atoms with E-state index in [1.165, 1.54) is 6.08 Å². The van der Waals surface area contributed by atoms with E-state index in [1.54, 1.807) is 6.07 Å². The van der Waals surface area contributed by atoms with Crippen molar-refractivity contribution in [3.63, 3.8) is 0 Å². The van der Waals surface area contributed by atoms with Crippen molar-refractivity contribution >= 4 is 21.8 Å². The number of nitrogens with two attached hydrogens (primary N) is 1. The van der Waals surface area contributed by atoms with Crippen LogP contribution in [0.5, 0.6) is 5.75 Å². The SMILES string of the molecule is NC1=NC2(C=C1F)c1cc(Br)ccc1OC21CCC(OC(F)F)CC1. The zero-order valence-corrected chi connectivity index (χ0v) is 14.7. The number of ether oxygens (including phenoxy) is 2. The molecule has 8 heteroatoms. The summed E-state index contributed by atoms with van der Waals surface area (Å²) >= 11 is 3.42. The Bertz CT molecular complexity index is 755. The summed E-state index contributed by atoms with van der Waals surface area (Å²) in [7, 11) is 0. The zero-order valence-electron chi connectivity index (χ0n) is 13.1. The van der Waals surface area contributed by atoms with Crippen LogP contribution in [0.2, 0.25) is 0 Å². The van der Waals surface area contributed by atoms with Gasteiger partial charge in [-0.1, -0.05) is 15.9 Å². The van der Waals surface area contributed by atoms with Crippen molar-refractivity contribution in [3.05, 3.63) is 40.1 Å². The smallest absolute Gasteiger partial charge is 0.345 e. The molecule has 1 aromatic carbocycles. The molecule has 1 unspecified atom stereocenters. The van der Waals surface area contributed by atoms with E-state index >= 15 is 0 Å². The monoisotopic (exact) mass is 416 g/mol. The summed E-state index contributed by atoms with van der Waals surface area (Å²) in [6.45, 7) is -2.80. The second-order valence-electron chi connectivity index (χ2n) is 6.59. The molecule has 25 heavy (non-hydrogen) atoms. The van der Waals surface area contributed by atoms with Gasteiger partial charge in [0.1, 0.15) is 11.4 Å². The van der Waals surface area contributed by atoms with Gasteiger partial charge in [0.05, 0.1) is 6.10 Å². The van der Waals surface area contributed by atoms with Crippen LogP contribution in [-0.2, 0) is 10.3 Å². The molecular weight excluding hydrogens is 401 g/mol. The normalized spacial score (nSPS) is 33.6. The first kappa shape index (κ1) is 16.9. The molecule has 4 rings (SSSR count). The average molecular weight is 417 g/mol. The van der Waals surface area contributed by atoms with Gasteiger partial charge in [0.2, 0.25) is 0 Å². The number of halogens is 4. The summed E-state index contributed by atoms with van der Waals surface area (Å²) in [5.74, 6) is -0.137. The molecule has 2 aliphatic heterocycles. The van der Waals surface area contributed by atoms with Gasteiger partial charge < -0.3 is 15.2 Å². The van der Waals surface area contributed by atoms with Crippen LogP contribution in [0.4, 0.5) is 13.2 Å². The third kappa shape index (κ3) is 2.49. The summed E-state index contributed by atoms with van der Waals surface area (Å²) in [4.78, 5) is 4.44. The number of alkyl halides is 2. The molecule has 4 nitrogen and oxygen atoms in total. The Balaban J connectivity index is 1.75. The van der Waals surface area contributed by atoms with Crippen molar-refractivity contribution in [2.24, 2.45) is 10.7 Å². The van der Waals surface area contributed by atoms with Crippen LogP contribution in [0.15, 0.2) is 39.6 Å². The lowest BCUT2D eigenvalue weighted by molar-refractivity contribution is -0.180. The van der Waals surface area contributed by atoms with E-state index in [-0.39, 0.29) is 5.84 Å². The predicted molar refractivity (Wildman–Crippen MR) is 89.3 cm³/mol. The van der Waals surface area contributed by atoms with Crippen LogP contribution in [0, 0.1) is 0 Å². The fraction of sp³-hybridized carbons (Fsp3) is 0.471. The molecule has 1 fully saturated rings. The molecule has 0 amide bonds. The Kier molecular flexibility index (Phi) is 3.88. The van der Waals surface area contributed by atoms with Gasteiger partial charge in [0.15, 0.2) is 17.2 Å². The molecule has 2 spiro atoms. The van der Waals surface area contributed by atoms with Crippen molar-refractivity contribution in [2.45, 2.75) is 49.5 Å². The minimum Gasteiger partial charge on any atom is -0.484 e. The lowest BCUT2D eigenvalue weighted by Gasteiger charge is -2.43. The topological polar surface area (TPSA) is 56.8 Å². The highest BCUT2D eigenvalue weighted by molar-refractivity contribution is 9.10. The number of aliphatic imine (C=N–C) groups is 1. The third-order valence-electron chi connectivity index (χ3n) is 5.26. The van der Waals surface area contributed by atoms with Gasteiger partial charge in [0.25, 0.3) is 0 Å². The molecule has 1 atom stereocenters. The van der Waals surface area contributed by atoms with E-state index in [0.29, 0.717) is 31.4 Å². The maximum atomic E-state index is 14.2. The van der Waals surface area contributed by atoms with E-state index in [1.807, 2.05) is 12.1 Å². The molecule has 2 heterocycles. The van der Waals surface area contributed by atoms with Gasteiger partial charge in [0, 0.05) is 10.0 Å². The molecule has 134 valence electrons. The average Bonchev–Trinajstić information content (AvgIpc) is 2.98. The highest BCUT2D eigenvalue weighted by atomic mass is 79.9. The number of benzene rings is 1. The molecule has 3 aliphatic rings. The molecule has 0 aromatic heterocycles. The Labute approximate surface area is 151 Å². The number of hydrogen-bond donors (Lipinski definition) is 1. The van der Waals surface area contributed by atoms with Gasteiger partial charge >= 0.3 is 6.61 Å². The number of rotatable bonds is 2. The molecule has 0 bridgehead atoms. The van der Waals surface area contributed by atoms with Gasteiger partial charge in [-0.15, -0.1) is 0 Å². The van der Waals surface area contributed by atoms with E-state index in [0.717, 1.165) is 10.0 Å². The second-order valence-corrected chi connectivity index (χ2v) is 7.50. The van der Waals surface area contributed by atoms with E-state index < -0.39 is 29.7 Å². The highest BCUT2D eigenvalue weighted by Gasteiger charge is 2.62. The molecule has 1 aromatic rings. The Hall–Kier alpha value is -1.54. The third-order valence-corrected chi connectivity index (χ3v) is 5.76. The number of nitrogens with zero attached hydrogens (tertiary/aromatic N) is 1. The van der Waals surface area contributed by atoms with Gasteiger partial charge in [-0.25, -0.2) is 9.38 Å². The molecular formula is C17H16BrF3N2O2. The number of amidine groups is 1. The van der Waals surface area contributed by atoms with Gasteiger partial charge in [-0.2, -0.15) is 8.78 Å². The summed E-state index contributed by atoms with van der Waals surface area (Å²) in [6, 6.07) is 5.48. The van der Waals surface area contributed by atoms with Crippen LogP contribution < -0.4 is 10.5 Å². The number of fused-ring (bicyclic) bond motifs is 3. The standard InChI is InChI=1S/C17H16BrF3N2O2/c18-9-1-2-13-11(7-9)17(8-12(19)14(22)23-17)16(25-13)5-3-10(4-6-16)24-15(20)21/h1-2,7-8,10,15H,3-6H2,(H2,22,23). The maximum Gasteiger partial charge on any atom is 0.345 e. The van der Waals surface area contributed by atoms with E-state index in [2.05, 4.69) is 25.7 Å². The van der Waals surface area contributed by atoms with Crippen molar-refractivity contribution in [1.29, 1.82) is 0 Å². The van der Waals surface area contributed by atoms with E-state index in [9.17, 15) is 13.2 Å². The highest BCUT2D eigenvalue weighted by Crippen LogP contribution is 2.59. The first-order valence-electron chi connectivity index (χ1n) is 8.02. The minimum atomic E-state index is -2.80. The summed E-state index contributed by atoms with van der Waals surface area (Å²) in [5, 5.41) is 0. The summed E-state index contributed by atoms with van der Waals surface area (Å²) < 4.78 is 50.9. The van der Waals surface area contributed by atoms with Crippen molar-refractivity contribution in [3.8, 4) is 5.75 Å². The maximum absolute atomic E-state index is 14.2. The lowest BCUT2D eigenvalue weighted by atomic mass is 9.68. The summed E-state index contributed by atoms with van der Waals surface area (Å²) in [5.41, 5.74) is 4.53. The Morgan fingerprint density at radius 1 is 1.32 bits per heavy atom. The second kappa shape index (κ2) is 5.74. The first-order chi connectivity index (χ1) is 11.9. The van der Waals surface area contributed by atoms with Crippen LogP contribution in [0.3, 0.4) is 0 Å². The fourth-order valence-electron chi connectivity index (χ4n) is 4.15. The quantitative estimate of drug-likeness (QED) is 0.786. The van der Waals surface area contributed by atoms with Gasteiger partial charge in [-0.05, 0) is 50.0 Å². The predicted octanol–water partition coefficient (Wildman–Crippen LogP) is 4.18. The molecule has 1 saturated carbocycles. The van der Waals surface area contributed by atoms with Crippen LogP contribution in [-0.4, -0.2) is 24.2 Å². The van der Waals surface area contributed by atoms with Crippen molar-refractivity contribution in [2.75, 3.05) is 0 Å².